The van der Waals surface area contributed by atoms with E-state index in [-0.39, 0.29) is 12.4 Å². The molecule has 0 unspecified atom stereocenters. The van der Waals surface area contributed by atoms with Crippen LogP contribution in [0.2, 0.25) is 10.0 Å². The Labute approximate surface area is 184 Å². The van der Waals surface area contributed by atoms with Gasteiger partial charge in [0.25, 0.3) is 0 Å². The van der Waals surface area contributed by atoms with Crippen LogP contribution in [0, 0.1) is 6.92 Å². The number of rotatable bonds is 8. The quantitative estimate of drug-likeness (QED) is 0.344. The van der Waals surface area contributed by atoms with E-state index in [0.29, 0.717) is 28.9 Å². The SMILES string of the molecule is Cc1ccc(COc2c(Cl)cc(Cl)cc2CNCCC2=CCCCC2)cc1.Cl. The summed E-state index contributed by atoms with van der Waals surface area (Å²) < 4.78 is 6.05. The molecular weight excluding hydrogens is 413 g/mol. The predicted molar refractivity (Wildman–Crippen MR) is 122 cm³/mol. The lowest BCUT2D eigenvalue weighted by Gasteiger charge is -2.16. The normalized spacial score (nSPS) is 13.6. The Morgan fingerprint density at radius 1 is 1.07 bits per heavy atom. The van der Waals surface area contributed by atoms with Gasteiger partial charge in [-0.2, -0.15) is 0 Å². The van der Waals surface area contributed by atoms with Gasteiger partial charge in [0.1, 0.15) is 12.4 Å². The lowest BCUT2D eigenvalue weighted by Crippen LogP contribution is -2.16. The van der Waals surface area contributed by atoms with E-state index in [4.69, 9.17) is 27.9 Å². The molecule has 2 nitrogen and oxygen atoms in total. The van der Waals surface area contributed by atoms with Crippen LogP contribution in [-0.4, -0.2) is 6.54 Å². The van der Waals surface area contributed by atoms with E-state index in [1.807, 2.05) is 6.07 Å². The van der Waals surface area contributed by atoms with Crippen LogP contribution in [0.4, 0.5) is 0 Å². The van der Waals surface area contributed by atoms with Crippen molar-refractivity contribution in [3.63, 3.8) is 0 Å². The lowest BCUT2D eigenvalue weighted by atomic mass is 9.97. The summed E-state index contributed by atoms with van der Waals surface area (Å²) in [5.74, 6) is 0.714. The monoisotopic (exact) mass is 439 g/mol. The molecule has 0 amide bonds. The third-order valence-corrected chi connectivity index (χ3v) is 5.41. The number of hydrogen-bond donors (Lipinski definition) is 1. The maximum Gasteiger partial charge on any atom is 0.142 e. The maximum atomic E-state index is 6.41. The summed E-state index contributed by atoms with van der Waals surface area (Å²) in [6.07, 6.45) is 8.64. The maximum absolute atomic E-state index is 6.41. The topological polar surface area (TPSA) is 21.3 Å². The molecule has 0 aromatic heterocycles. The molecule has 0 aliphatic heterocycles. The third-order valence-electron chi connectivity index (χ3n) is 4.91. The Kier molecular flexibility index (Phi) is 9.67. The van der Waals surface area contributed by atoms with Crippen molar-refractivity contribution < 1.29 is 4.74 Å². The van der Waals surface area contributed by atoms with Crippen molar-refractivity contribution in [1.82, 2.24) is 5.32 Å². The van der Waals surface area contributed by atoms with Gasteiger partial charge in [0, 0.05) is 17.1 Å². The van der Waals surface area contributed by atoms with Crippen molar-refractivity contribution >= 4 is 35.6 Å². The smallest absolute Gasteiger partial charge is 0.142 e. The lowest BCUT2D eigenvalue weighted by molar-refractivity contribution is 0.302. The molecule has 0 saturated heterocycles. The summed E-state index contributed by atoms with van der Waals surface area (Å²) in [6.45, 7) is 4.21. The number of nitrogens with one attached hydrogen (secondary N) is 1. The second-order valence-corrected chi connectivity index (χ2v) is 8.03. The van der Waals surface area contributed by atoms with Crippen LogP contribution in [0.15, 0.2) is 48.0 Å². The van der Waals surface area contributed by atoms with Crippen LogP contribution in [0.5, 0.6) is 5.75 Å². The Morgan fingerprint density at radius 2 is 1.86 bits per heavy atom. The van der Waals surface area contributed by atoms with Gasteiger partial charge >= 0.3 is 0 Å². The van der Waals surface area contributed by atoms with E-state index >= 15 is 0 Å². The highest BCUT2D eigenvalue weighted by atomic mass is 35.5. The molecule has 1 aliphatic rings. The van der Waals surface area contributed by atoms with E-state index in [1.54, 1.807) is 11.6 Å². The molecule has 0 saturated carbocycles. The fraction of sp³-hybridized carbons (Fsp3) is 0.391. The summed E-state index contributed by atoms with van der Waals surface area (Å²) in [4.78, 5) is 0. The number of aryl methyl sites for hydroxylation is 1. The van der Waals surface area contributed by atoms with Crippen molar-refractivity contribution in [1.29, 1.82) is 0 Å². The van der Waals surface area contributed by atoms with Crippen LogP contribution < -0.4 is 10.1 Å². The van der Waals surface area contributed by atoms with Gasteiger partial charge in [0.05, 0.1) is 5.02 Å². The largest absolute Gasteiger partial charge is 0.487 e. The molecule has 152 valence electrons. The number of hydrogen-bond acceptors (Lipinski definition) is 2. The number of allylic oxidation sites excluding steroid dienone is 1. The minimum Gasteiger partial charge on any atom is -0.487 e. The summed E-state index contributed by atoms with van der Waals surface area (Å²) >= 11 is 12.6. The molecule has 0 fully saturated rings. The van der Waals surface area contributed by atoms with E-state index in [9.17, 15) is 0 Å². The molecule has 2 aromatic carbocycles. The van der Waals surface area contributed by atoms with Gasteiger partial charge in [0.2, 0.25) is 0 Å². The van der Waals surface area contributed by atoms with E-state index < -0.39 is 0 Å². The van der Waals surface area contributed by atoms with E-state index in [0.717, 1.165) is 24.1 Å². The van der Waals surface area contributed by atoms with Crippen LogP contribution in [0.3, 0.4) is 0 Å². The zero-order valence-corrected chi connectivity index (χ0v) is 18.6. The van der Waals surface area contributed by atoms with Gasteiger partial charge in [-0.3, -0.25) is 0 Å². The second kappa shape index (κ2) is 11.7. The summed E-state index contributed by atoms with van der Waals surface area (Å²) in [7, 11) is 0. The van der Waals surface area contributed by atoms with Crippen LogP contribution >= 0.6 is 35.6 Å². The second-order valence-electron chi connectivity index (χ2n) is 7.19. The van der Waals surface area contributed by atoms with Crippen molar-refractivity contribution in [2.75, 3.05) is 6.54 Å². The molecule has 3 rings (SSSR count). The van der Waals surface area contributed by atoms with Gasteiger partial charge in [-0.25, -0.2) is 0 Å². The Morgan fingerprint density at radius 3 is 2.57 bits per heavy atom. The number of benzene rings is 2. The highest BCUT2D eigenvalue weighted by molar-refractivity contribution is 6.35. The summed E-state index contributed by atoms with van der Waals surface area (Å²) in [5.41, 5.74) is 4.93. The van der Waals surface area contributed by atoms with Gasteiger partial charge < -0.3 is 10.1 Å². The molecule has 1 aliphatic carbocycles. The molecule has 28 heavy (non-hydrogen) atoms. The predicted octanol–water partition coefficient (Wildman–Crippen LogP) is 7.28. The highest BCUT2D eigenvalue weighted by Gasteiger charge is 2.11. The third kappa shape index (κ3) is 7.00. The van der Waals surface area contributed by atoms with E-state index in [1.165, 1.54) is 31.2 Å². The molecule has 2 aromatic rings. The molecule has 0 spiro atoms. The molecule has 0 radical (unpaired) electrons. The van der Waals surface area contributed by atoms with Gasteiger partial charge in [-0.1, -0.05) is 64.7 Å². The van der Waals surface area contributed by atoms with Crippen LogP contribution in [-0.2, 0) is 13.2 Å². The van der Waals surface area contributed by atoms with Crippen molar-refractivity contribution in [2.24, 2.45) is 0 Å². The zero-order valence-electron chi connectivity index (χ0n) is 16.3. The first-order valence-electron chi connectivity index (χ1n) is 9.67. The summed E-state index contributed by atoms with van der Waals surface area (Å²) in [5, 5.41) is 4.70. The summed E-state index contributed by atoms with van der Waals surface area (Å²) in [6, 6.07) is 12.0. The molecular formula is C23H28Cl3NO. The highest BCUT2D eigenvalue weighted by Crippen LogP contribution is 2.33. The molecule has 0 heterocycles. The van der Waals surface area contributed by atoms with Gasteiger partial charge in [-0.15, -0.1) is 12.4 Å². The first-order valence-corrected chi connectivity index (χ1v) is 10.4. The van der Waals surface area contributed by atoms with Crippen LogP contribution in [0.25, 0.3) is 0 Å². The molecule has 0 atom stereocenters. The zero-order chi connectivity index (χ0) is 19.1. The minimum atomic E-state index is 0. The van der Waals surface area contributed by atoms with Crippen molar-refractivity contribution in [2.45, 2.75) is 52.2 Å². The first-order chi connectivity index (χ1) is 13.1. The fourth-order valence-electron chi connectivity index (χ4n) is 3.35. The number of halogens is 3. The Balaban J connectivity index is 0.00000280. The first kappa shape index (κ1) is 23.1. The van der Waals surface area contributed by atoms with Crippen molar-refractivity contribution in [3.8, 4) is 5.75 Å². The standard InChI is InChI=1S/C23H27Cl2NO.ClH/c1-17-7-9-19(10-8-17)16-27-23-20(13-21(24)14-22(23)25)15-26-12-11-18-5-3-2-4-6-18;/h5,7-10,13-14,26H,2-4,6,11-12,15-16H2,1H3;1H. The fourth-order valence-corrected chi connectivity index (χ4v) is 3.94. The molecule has 1 N–H and O–H groups in total. The Hall–Kier alpha value is -1.19. The van der Waals surface area contributed by atoms with E-state index in [2.05, 4.69) is 42.6 Å². The van der Waals surface area contributed by atoms with Gasteiger partial charge in [0.15, 0.2) is 0 Å². The van der Waals surface area contributed by atoms with Gasteiger partial charge in [-0.05, 0) is 63.3 Å². The molecule has 0 bridgehead atoms. The minimum absolute atomic E-state index is 0. The Bertz CT molecular complexity index is 787. The van der Waals surface area contributed by atoms with Crippen molar-refractivity contribution in [3.05, 3.63) is 74.8 Å². The average Bonchev–Trinajstić information content (AvgIpc) is 2.66. The van der Waals surface area contributed by atoms with Crippen LogP contribution in [0.1, 0.15) is 48.8 Å². The average molecular weight is 441 g/mol. The number of ether oxygens (including phenoxy) is 1. The molecule has 5 heteroatoms.